The van der Waals surface area contributed by atoms with Crippen LogP contribution >= 0.6 is 0 Å². The van der Waals surface area contributed by atoms with Crippen molar-refractivity contribution in [3.05, 3.63) is 73.1 Å². The van der Waals surface area contributed by atoms with E-state index in [1.54, 1.807) is 12.4 Å². The van der Waals surface area contributed by atoms with Gasteiger partial charge in [0, 0.05) is 34.5 Å². The van der Waals surface area contributed by atoms with Crippen LogP contribution in [-0.2, 0) is 9.47 Å². The quantitative estimate of drug-likeness (QED) is 0.256. The second-order valence-corrected chi connectivity index (χ2v) is 10.8. The molecule has 2 amide bonds. The lowest BCUT2D eigenvalue weighted by Crippen LogP contribution is -2.24. The maximum absolute atomic E-state index is 11.9. The summed E-state index contributed by atoms with van der Waals surface area (Å²) in [7, 11) is 0. The third kappa shape index (κ3) is 8.64. The van der Waals surface area contributed by atoms with Crippen LogP contribution in [0.1, 0.15) is 64.2 Å². The number of carbonyl (C=O) groups excluding carboxylic acids is 2. The highest BCUT2D eigenvalue weighted by Gasteiger charge is 2.18. The SMILES string of the molecule is O=C(Nc1ccc2cccnc2c1)OC1CCCCC1.O=C(Nc1ccc2cccnc2c1)OCC1CCCCC1. The first kappa shape index (κ1) is 28.3. The molecule has 2 aromatic heterocycles. The van der Waals surface area contributed by atoms with Crippen molar-refractivity contribution in [3.8, 4) is 0 Å². The van der Waals surface area contributed by atoms with Crippen LogP contribution in [0, 0.1) is 5.92 Å². The Labute approximate surface area is 240 Å². The van der Waals surface area contributed by atoms with Crippen molar-refractivity contribution in [3.63, 3.8) is 0 Å². The minimum atomic E-state index is -0.379. The first-order valence-corrected chi connectivity index (χ1v) is 14.7. The molecule has 2 saturated carbocycles. The predicted molar refractivity (Wildman–Crippen MR) is 162 cm³/mol. The number of nitrogens with one attached hydrogen (secondary N) is 2. The average molecular weight is 555 g/mol. The molecule has 2 fully saturated rings. The van der Waals surface area contributed by atoms with Gasteiger partial charge in [-0.25, -0.2) is 9.59 Å². The molecule has 8 nitrogen and oxygen atoms in total. The molecule has 2 N–H and O–H groups in total. The van der Waals surface area contributed by atoms with Crippen molar-refractivity contribution in [2.45, 2.75) is 70.3 Å². The van der Waals surface area contributed by atoms with Gasteiger partial charge in [0.25, 0.3) is 0 Å². The lowest BCUT2D eigenvalue weighted by molar-refractivity contribution is 0.0865. The summed E-state index contributed by atoms with van der Waals surface area (Å²) in [5.74, 6) is 0.530. The first-order chi connectivity index (χ1) is 20.1. The molecule has 0 aliphatic heterocycles. The van der Waals surface area contributed by atoms with Crippen molar-refractivity contribution < 1.29 is 19.1 Å². The van der Waals surface area contributed by atoms with Crippen molar-refractivity contribution in [1.29, 1.82) is 0 Å². The molecule has 214 valence electrons. The molecular formula is C33H38N4O4. The third-order valence-electron chi connectivity index (χ3n) is 7.71. The van der Waals surface area contributed by atoms with E-state index in [4.69, 9.17) is 9.47 Å². The number of anilines is 2. The fourth-order valence-electron chi connectivity index (χ4n) is 5.47. The standard InChI is InChI=1S/C17H20N2O2.C16H18N2O2/c20-17(21-12-13-5-2-1-3-6-13)19-15-9-8-14-7-4-10-18-16(14)11-15;19-16(20-14-6-2-1-3-7-14)18-13-9-8-12-5-4-10-17-15(12)11-13/h4,7-11,13H,1-3,5-6,12H2,(H,19,20);4-5,8-11,14H,1-3,6-7H2,(H,18,19). The number of pyridine rings is 2. The summed E-state index contributed by atoms with van der Waals surface area (Å²) < 4.78 is 10.8. The number of ether oxygens (including phenoxy) is 2. The Morgan fingerprint density at radius 3 is 1.80 bits per heavy atom. The molecule has 2 aromatic carbocycles. The van der Waals surface area contributed by atoms with E-state index in [1.165, 1.54) is 38.5 Å². The summed E-state index contributed by atoms with van der Waals surface area (Å²) in [4.78, 5) is 32.2. The van der Waals surface area contributed by atoms with Gasteiger partial charge in [0.1, 0.15) is 6.10 Å². The van der Waals surface area contributed by atoms with E-state index in [0.717, 1.165) is 58.9 Å². The molecule has 41 heavy (non-hydrogen) atoms. The van der Waals surface area contributed by atoms with Crippen LogP contribution in [0.15, 0.2) is 73.1 Å². The minimum Gasteiger partial charge on any atom is -0.449 e. The largest absolute Gasteiger partial charge is 0.449 e. The Morgan fingerprint density at radius 2 is 1.22 bits per heavy atom. The molecule has 0 bridgehead atoms. The molecule has 4 aromatic rings. The second-order valence-electron chi connectivity index (χ2n) is 10.8. The fraction of sp³-hybridized carbons (Fsp3) is 0.394. The molecule has 0 radical (unpaired) electrons. The molecule has 8 heteroatoms. The molecule has 2 heterocycles. The molecule has 0 spiro atoms. The number of amides is 2. The van der Waals surface area contributed by atoms with Crippen molar-refractivity contribution in [2.24, 2.45) is 5.92 Å². The number of rotatable bonds is 5. The summed E-state index contributed by atoms with van der Waals surface area (Å²) in [5, 5.41) is 7.66. The Morgan fingerprint density at radius 1 is 0.683 bits per heavy atom. The number of hydrogen-bond donors (Lipinski definition) is 2. The van der Waals surface area contributed by atoms with Crippen LogP contribution in [0.4, 0.5) is 21.0 Å². The number of aromatic nitrogens is 2. The highest BCUT2D eigenvalue weighted by Crippen LogP contribution is 2.24. The van der Waals surface area contributed by atoms with Gasteiger partial charge < -0.3 is 9.47 Å². The van der Waals surface area contributed by atoms with Crippen molar-refractivity contribution >= 4 is 45.4 Å². The third-order valence-corrected chi connectivity index (χ3v) is 7.71. The molecule has 6 rings (SSSR count). The van der Waals surface area contributed by atoms with Gasteiger partial charge in [-0.05, 0) is 80.8 Å². The maximum Gasteiger partial charge on any atom is 0.411 e. The molecule has 0 unspecified atom stereocenters. The number of fused-ring (bicyclic) bond motifs is 2. The van der Waals surface area contributed by atoms with Gasteiger partial charge in [-0.2, -0.15) is 0 Å². The van der Waals surface area contributed by atoms with Gasteiger partial charge in [0.15, 0.2) is 0 Å². The molecule has 2 aliphatic rings. The van der Waals surface area contributed by atoms with E-state index in [-0.39, 0.29) is 18.3 Å². The van der Waals surface area contributed by atoms with Gasteiger partial charge in [0.05, 0.1) is 17.6 Å². The Bertz CT molecular complexity index is 1450. The maximum atomic E-state index is 11.9. The van der Waals surface area contributed by atoms with Crippen LogP contribution in [0.2, 0.25) is 0 Å². The second kappa shape index (κ2) is 14.4. The number of hydrogen-bond acceptors (Lipinski definition) is 6. The van der Waals surface area contributed by atoms with E-state index >= 15 is 0 Å². The summed E-state index contributed by atoms with van der Waals surface area (Å²) >= 11 is 0. The Hall–Kier alpha value is -4.20. The van der Waals surface area contributed by atoms with Crippen molar-refractivity contribution in [1.82, 2.24) is 9.97 Å². The summed E-state index contributed by atoms with van der Waals surface area (Å²) in [6, 6.07) is 19.1. The fourth-order valence-corrected chi connectivity index (χ4v) is 5.47. The van der Waals surface area contributed by atoms with Gasteiger partial charge >= 0.3 is 12.2 Å². The predicted octanol–water partition coefficient (Wildman–Crippen LogP) is 8.48. The van der Waals surface area contributed by atoms with E-state index < -0.39 is 0 Å². The smallest absolute Gasteiger partial charge is 0.411 e. The molecule has 0 saturated heterocycles. The van der Waals surface area contributed by atoms with Gasteiger partial charge in [-0.3, -0.25) is 20.6 Å². The van der Waals surface area contributed by atoms with Gasteiger partial charge in [-0.15, -0.1) is 0 Å². The molecular weight excluding hydrogens is 516 g/mol. The van der Waals surface area contributed by atoms with Crippen LogP contribution in [0.25, 0.3) is 21.8 Å². The van der Waals surface area contributed by atoms with Crippen LogP contribution < -0.4 is 10.6 Å². The summed E-state index contributed by atoms with van der Waals surface area (Å²) in [5.41, 5.74) is 3.16. The van der Waals surface area contributed by atoms with E-state index in [1.807, 2.05) is 60.7 Å². The summed E-state index contributed by atoms with van der Waals surface area (Å²) in [6.45, 7) is 0.525. The normalized spacial score (nSPS) is 15.9. The highest BCUT2D eigenvalue weighted by atomic mass is 16.6. The van der Waals surface area contributed by atoms with E-state index in [0.29, 0.717) is 12.5 Å². The zero-order chi connectivity index (χ0) is 28.3. The van der Waals surface area contributed by atoms with E-state index in [2.05, 4.69) is 20.6 Å². The molecule has 0 atom stereocenters. The highest BCUT2D eigenvalue weighted by molar-refractivity contribution is 5.90. The van der Waals surface area contributed by atoms with Gasteiger partial charge in [0.2, 0.25) is 0 Å². The Kier molecular flexibility index (Phi) is 9.98. The zero-order valence-corrected chi connectivity index (χ0v) is 23.4. The minimum absolute atomic E-state index is 0.0716. The van der Waals surface area contributed by atoms with E-state index in [9.17, 15) is 9.59 Å². The summed E-state index contributed by atoms with van der Waals surface area (Å²) in [6.07, 6.45) is 14.5. The average Bonchev–Trinajstić information content (AvgIpc) is 3.01. The Balaban J connectivity index is 0.000000165. The monoisotopic (exact) mass is 554 g/mol. The van der Waals surface area contributed by atoms with Crippen LogP contribution in [0.5, 0.6) is 0 Å². The lowest BCUT2D eigenvalue weighted by atomic mass is 9.90. The van der Waals surface area contributed by atoms with Crippen LogP contribution in [0.3, 0.4) is 0 Å². The first-order valence-electron chi connectivity index (χ1n) is 14.7. The van der Waals surface area contributed by atoms with Crippen molar-refractivity contribution in [2.75, 3.05) is 17.2 Å². The molecule has 2 aliphatic carbocycles. The number of benzene rings is 2. The lowest BCUT2D eigenvalue weighted by Gasteiger charge is -2.21. The van der Waals surface area contributed by atoms with Crippen LogP contribution in [-0.4, -0.2) is 34.9 Å². The topological polar surface area (TPSA) is 102 Å². The van der Waals surface area contributed by atoms with Gasteiger partial charge in [-0.1, -0.05) is 49.9 Å². The number of carbonyl (C=O) groups is 2. The number of nitrogens with zero attached hydrogens (tertiary/aromatic N) is 2. The zero-order valence-electron chi connectivity index (χ0n) is 23.4.